The van der Waals surface area contributed by atoms with Gasteiger partial charge in [-0.05, 0) is 44.5 Å². The Labute approximate surface area is 148 Å². The smallest absolute Gasteiger partial charge is 0.141 e. The van der Waals surface area contributed by atoms with Crippen LogP contribution in [0.2, 0.25) is 0 Å². The fourth-order valence-electron chi connectivity index (χ4n) is 3.45. The van der Waals surface area contributed by atoms with Gasteiger partial charge in [-0.15, -0.1) is 0 Å². The van der Waals surface area contributed by atoms with Crippen molar-refractivity contribution >= 4 is 11.0 Å². The maximum Gasteiger partial charge on any atom is 0.141 e. The van der Waals surface area contributed by atoms with E-state index in [9.17, 15) is 0 Å². The summed E-state index contributed by atoms with van der Waals surface area (Å²) in [4.78, 5) is 10.6. The number of imidazole rings is 1. The lowest BCUT2D eigenvalue weighted by molar-refractivity contribution is -0.0264. The molecular weight excluding hydrogens is 310 g/mol. The minimum Gasteiger partial charge on any atom is -0.362 e. The van der Waals surface area contributed by atoms with E-state index in [4.69, 9.17) is 9.72 Å². The molecule has 1 atom stereocenters. The Hall–Kier alpha value is -2.17. The molecule has 4 nitrogen and oxygen atoms in total. The molecule has 2 heterocycles. The van der Waals surface area contributed by atoms with Gasteiger partial charge in [0.1, 0.15) is 11.9 Å². The number of aryl methyl sites for hydroxylation is 1. The normalized spacial score (nSPS) is 17.8. The van der Waals surface area contributed by atoms with E-state index in [2.05, 4.69) is 54.2 Å². The highest BCUT2D eigenvalue weighted by molar-refractivity contribution is 5.74. The first kappa shape index (κ1) is 16.3. The molecule has 1 aromatic heterocycles. The summed E-state index contributed by atoms with van der Waals surface area (Å²) in [6, 6.07) is 16.7. The quantitative estimate of drug-likeness (QED) is 0.781. The van der Waals surface area contributed by atoms with Gasteiger partial charge in [-0.1, -0.05) is 42.0 Å². The monoisotopic (exact) mass is 335 g/mol. The SMILES string of the molecule is Cc1ccc(C(OC2CCN(C)CC2)c2nc3ccccc3[nH]2)cc1. The van der Waals surface area contributed by atoms with Crippen LogP contribution in [0.3, 0.4) is 0 Å². The molecule has 1 fully saturated rings. The number of aromatic nitrogens is 2. The summed E-state index contributed by atoms with van der Waals surface area (Å²) in [5, 5.41) is 0. The first-order valence-electron chi connectivity index (χ1n) is 9.04. The van der Waals surface area contributed by atoms with Crippen LogP contribution in [0, 0.1) is 6.92 Å². The highest BCUT2D eigenvalue weighted by Crippen LogP contribution is 2.30. The van der Waals surface area contributed by atoms with Crippen LogP contribution in [-0.4, -0.2) is 41.1 Å². The molecule has 1 N–H and O–H groups in total. The van der Waals surface area contributed by atoms with Gasteiger partial charge in [-0.25, -0.2) is 4.98 Å². The van der Waals surface area contributed by atoms with Crippen molar-refractivity contribution in [2.24, 2.45) is 0 Å². The van der Waals surface area contributed by atoms with Gasteiger partial charge < -0.3 is 14.6 Å². The number of para-hydroxylation sites is 2. The van der Waals surface area contributed by atoms with Crippen molar-refractivity contribution < 1.29 is 4.74 Å². The Kier molecular flexibility index (Phi) is 4.55. The fraction of sp³-hybridized carbons (Fsp3) is 0.381. The van der Waals surface area contributed by atoms with Crippen molar-refractivity contribution in [3.05, 3.63) is 65.5 Å². The third-order valence-electron chi connectivity index (χ3n) is 5.03. The maximum atomic E-state index is 6.56. The van der Waals surface area contributed by atoms with Crippen molar-refractivity contribution in [1.29, 1.82) is 0 Å². The van der Waals surface area contributed by atoms with Crippen LogP contribution in [0.5, 0.6) is 0 Å². The fourth-order valence-corrected chi connectivity index (χ4v) is 3.45. The predicted octanol–water partition coefficient (Wildman–Crippen LogP) is 4.07. The van der Waals surface area contributed by atoms with Crippen molar-refractivity contribution in [3.63, 3.8) is 0 Å². The number of rotatable bonds is 4. The lowest BCUT2D eigenvalue weighted by Gasteiger charge is -2.31. The van der Waals surface area contributed by atoms with Gasteiger partial charge in [0.2, 0.25) is 0 Å². The number of hydrogen-bond donors (Lipinski definition) is 1. The zero-order valence-electron chi connectivity index (χ0n) is 14.9. The van der Waals surface area contributed by atoms with E-state index in [1.165, 1.54) is 5.56 Å². The van der Waals surface area contributed by atoms with Crippen LogP contribution >= 0.6 is 0 Å². The van der Waals surface area contributed by atoms with Gasteiger partial charge in [-0.3, -0.25) is 0 Å². The second-order valence-corrected chi connectivity index (χ2v) is 7.07. The number of hydrogen-bond acceptors (Lipinski definition) is 3. The largest absolute Gasteiger partial charge is 0.362 e. The third kappa shape index (κ3) is 3.60. The van der Waals surface area contributed by atoms with E-state index < -0.39 is 0 Å². The number of fused-ring (bicyclic) bond motifs is 1. The summed E-state index contributed by atoms with van der Waals surface area (Å²) in [5.74, 6) is 0.893. The number of H-pyrrole nitrogens is 1. The molecule has 1 saturated heterocycles. The Morgan fingerprint density at radius 3 is 2.52 bits per heavy atom. The second kappa shape index (κ2) is 6.98. The van der Waals surface area contributed by atoms with Gasteiger partial charge in [-0.2, -0.15) is 0 Å². The molecule has 1 aliphatic heterocycles. The summed E-state index contributed by atoms with van der Waals surface area (Å²) in [5.41, 5.74) is 4.46. The van der Waals surface area contributed by atoms with Gasteiger partial charge in [0.25, 0.3) is 0 Å². The molecule has 130 valence electrons. The van der Waals surface area contributed by atoms with Gasteiger partial charge >= 0.3 is 0 Å². The molecular formula is C21H25N3O. The molecule has 1 aliphatic rings. The zero-order valence-corrected chi connectivity index (χ0v) is 14.9. The van der Waals surface area contributed by atoms with Crippen molar-refractivity contribution in [2.75, 3.05) is 20.1 Å². The topological polar surface area (TPSA) is 41.1 Å². The molecule has 3 aromatic rings. The van der Waals surface area contributed by atoms with Crippen molar-refractivity contribution in [2.45, 2.75) is 32.0 Å². The highest BCUT2D eigenvalue weighted by Gasteiger charge is 2.25. The third-order valence-corrected chi connectivity index (χ3v) is 5.03. The van der Waals surface area contributed by atoms with E-state index in [0.717, 1.165) is 48.4 Å². The number of nitrogens with one attached hydrogen (secondary N) is 1. The molecule has 2 aromatic carbocycles. The van der Waals surface area contributed by atoms with Gasteiger partial charge in [0.05, 0.1) is 17.1 Å². The van der Waals surface area contributed by atoms with E-state index in [0.29, 0.717) is 0 Å². The molecule has 0 amide bonds. The minimum atomic E-state index is -0.151. The van der Waals surface area contributed by atoms with Crippen LogP contribution in [0.1, 0.15) is 35.9 Å². The molecule has 0 bridgehead atoms. The number of aromatic amines is 1. The van der Waals surface area contributed by atoms with Crippen LogP contribution in [0.15, 0.2) is 48.5 Å². The number of piperidine rings is 1. The second-order valence-electron chi connectivity index (χ2n) is 7.07. The summed E-state index contributed by atoms with van der Waals surface area (Å²) in [7, 11) is 2.17. The number of benzene rings is 2. The predicted molar refractivity (Wildman–Crippen MR) is 101 cm³/mol. The summed E-state index contributed by atoms with van der Waals surface area (Å²) >= 11 is 0. The number of nitrogens with zero attached hydrogens (tertiary/aromatic N) is 2. The Balaban J connectivity index is 1.66. The molecule has 1 unspecified atom stereocenters. The lowest BCUT2D eigenvalue weighted by atomic mass is 10.0. The van der Waals surface area contributed by atoms with E-state index in [1.54, 1.807) is 0 Å². The molecule has 25 heavy (non-hydrogen) atoms. The average Bonchev–Trinajstić information content (AvgIpc) is 3.06. The van der Waals surface area contributed by atoms with Crippen molar-refractivity contribution in [1.82, 2.24) is 14.9 Å². The average molecular weight is 335 g/mol. The molecule has 0 radical (unpaired) electrons. The molecule has 0 aliphatic carbocycles. The lowest BCUT2D eigenvalue weighted by Crippen LogP contribution is -2.35. The number of likely N-dealkylation sites (tertiary alicyclic amines) is 1. The van der Waals surface area contributed by atoms with Gasteiger partial charge in [0, 0.05) is 13.1 Å². The van der Waals surface area contributed by atoms with Crippen LogP contribution < -0.4 is 0 Å². The van der Waals surface area contributed by atoms with E-state index >= 15 is 0 Å². The van der Waals surface area contributed by atoms with E-state index in [-0.39, 0.29) is 12.2 Å². The van der Waals surface area contributed by atoms with Crippen LogP contribution in [0.25, 0.3) is 11.0 Å². The van der Waals surface area contributed by atoms with Crippen LogP contribution in [0.4, 0.5) is 0 Å². The standard InChI is InChI=1S/C21H25N3O/c1-15-7-9-16(10-8-15)20(25-17-11-13-24(2)14-12-17)21-22-18-5-3-4-6-19(18)23-21/h3-10,17,20H,11-14H2,1-2H3,(H,22,23). The summed E-state index contributed by atoms with van der Waals surface area (Å²) in [6.45, 7) is 4.29. The molecule has 4 heteroatoms. The van der Waals surface area contributed by atoms with Crippen LogP contribution in [-0.2, 0) is 4.74 Å². The molecule has 0 saturated carbocycles. The van der Waals surface area contributed by atoms with Crippen molar-refractivity contribution in [3.8, 4) is 0 Å². The first-order valence-corrected chi connectivity index (χ1v) is 9.04. The summed E-state index contributed by atoms with van der Waals surface area (Å²) in [6.07, 6.45) is 2.26. The highest BCUT2D eigenvalue weighted by atomic mass is 16.5. The maximum absolute atomic E-state index is 6.56. The molecule has 4 rings (SSSR count). The minimum absolute atomic E-state index is 0.151. The Morgan fingerprint density at radius 2 is 1.80 bits per heavy atom. The number of ether oxygens (including phenoxy) is 1. The van der Waals surface area contributed by atoms with Gasteiger partial charge in [0.15, 0.2) is 0 Å². The van der Waals surface area contributed by atoms with E-state index in [1.807, 2.05) is 18.2 Å². The Morgan fingerprint density at radius 1 is 1.08 bits per heavy atom. The summed E-state index contributed by atoms with van der Waals surface area (Å²) < 4.78 is 6.56. The molecule has 0 spiro atoms. The zero-order chi connectivity index (χ0) is 17.2. The first-order chi connectivity index (χ1) is 12.2. The Bertz CT molecular complexity index is 799.